The first-order chi connectivity index (χ1) is 5.99. The Balaban J connectivity index is 3.05. The minimum absolute atomic E-state index is 0.483. The Labute approximate surface area is 78.3 Å². The van der Waals surface area contributed by atoms with E-state index in [1.54, 1.807) is 19.1 Å². The molecule has 2 atom stereocenters. The van der Waals surface area contributed by atoms with Gasteiger partial charge >= 0.3 is 0 Å². The van der Waals surface area contributed by atoms with Crippen LogP contribution in [0.3, 0.4) is 0 Å². The molecule has 0 spiro atoms. The molecule has 0 aromatic rings. The number of rotatable bonds is 2. The van der Waals surface area contributed by atoms with Gasteiger partial charge in [0.15, 0.2) is 0 Å². The second-order valence-corrected chi connectivity index (χ2v) is 3.98. The van der Waals surface area contributed by atoms with Gasteiger partial charge in [-0.1, -0.05) is 23.8 Å². The second-order valence-electron chi connectivity index (χ2n) is 3.36. The molecule has 1 N–H and O–H groups in total. The standard InChI is InChI=1S/C9H11O3P/c1-6-4-3-5-9(2,11)7(6)8(10)13-12/h3-5,7,11H,1-2H3. The lowest BCUT2D eigenvalue weighted by atomic mass is 9.81. The number of aliphatic hydroxyl groups is 1. The van der Waals surface area contributed by atoms with Gasteiger partial charge in [-0.3, -0.25) is 9.36 Å². The van der Waals surface area contributed by atoms with E-state index >= 15 is 0 Å². The topological polar surface area (TPSA) is 54.4 Å². The van der Waals surface area contributed by atoms with Gasteiger partial charge < -0.3 is 5.11 Å². The van der Waals surface area contributed by atoms with Crippen molar-refractivity contribution >= 4 is 14.0 Å². The van der Waals surface area contributed by atoms with Crippen molar-refractivity contribution in [2.75, 3.05) is 0 Å². The van der Waals surface area contributed by atoms with Gasteiger partial charge in [0.25, 0.3) is 0 Å². The maximum Gasteiger partial charge on any atom is 0.233 e. The summed E-state index contributed by atoms with van der Waals surface area (Å²) in [6, 6.07) is 0. The van der Waals surface area contributed by atoms with Crippen LogP contribution in [0.15, 0.2) is 23.8 Å². The zero-order chi connectivity index (χ0) is 10.1. The van der Waals surface area contributed by atoms with E-state index in [0.717, 1.165) is 5.57 Å². The quantitative estimate of drug-likeness (QED) is 0.687. The second kappa shape index (κ2) is 3.52. The molecule has 0 saturated carbocycles. The summed E-state index contributed by atoms with van der Waals surface area (Å²) in [6.07, 6.45) is 4.97. The fourth-order valence-electron chi connectivity index (χ4n) is 1.55. The van der Waals surface area contributed by atoms with Gasteiger partial charge in [0.2, 0.25) is 14.0 Å². The molecule has 1 aliphatic carbocycles. The third-order valence-corrected chi connectivity index (χ3v) is 2.61. The molecule has 0 heterocycles. The van der Waals surface area contributed by atoms with Gasteiger partial charge in [-0.05, 0) is 13.8 Å². The predicted molar refractivity (Wildman–Crippen MR) is 49.6 cm³/mol. The van der Waals surface area contributed by atoms with E-state index in [1.807, 2.05) is 0 Å². The summed E-state index contributed by atoms with van der Waals surface area (Å²) in [5, 5.41) is 9.81. The number of allylic oxidation sites excluding steroid dienone is 2. The zero-order valence-corrected chi connectivity index (χ0v) is 8.41. The summed E-state index contributed by atoms with van der Waals surface area (Å²) >= 11 is 0. The molecule has 0 saturated heterocycles. The van der Waals surface area contributed by atoms with Crippen molar-refractivity contribution < 1.29 is 14.5 Å². The van der Waals surface area contributed by atoms with Crippen LogP contribution in [0.2, 0.25) is 0 Å². The highest BCUT2D eigenvalue weighted by Gasteiger charge is 2.37. The van der Waals surface area contributed by atoms with E-state index in [-0.39, 0.29) is 0 Å². The summed E-state index contributed by atoms with van der Waals surface area (Å²) in [5.74, 6) is -0.684. The van der Waals surface area contributed by atoms with Crippen LogP contribution in [0.4, 0.5) is 0 Å². The fourth-order valence-corrected chi connectivity index (χ4v) is 2.12. The molecule has 13 heavy (non-hydrogen) atoms. The Bertz CT molecular complexity index is 302. The van der Waals surface area contributed by atoms with Crippen LogP contribution >= 0.6 is 8.46 Å². The SMILES string of the molecule is CC1=CC=CC(C)(O)C1C(=O)P=O. The smallest absolute Gasteiger partial charge is 0.233 e. The van der Waals surface area contributed by atoms with E-state index in [0.29, 0.717) is 0 Å². The van der Waals surface area contributed by atoms with Crippen molar-refractivity contribution in [1.29, 1.82) is 0 Å². The summed E-state index contributed by atoms with van der Waals surface area (Å²) < 4.78 is 10.4. The molecule has 0 aliphatic heterocycles. The Morgan fingerprint density at radius 3 is 2.77 bits per heavy atom. The molecule has 1 aliphatic rings. The van der Waals surface area contributed by atoms with Crippen molar-refractivity contribution in [2.24, 2.45) is 5.92 Å². The molecule has 2 unspecified atom stereocenters. The average molecular weight is 198 g/mol. The van der Waals surface area contributed by atoms with Gasteiger partial charge in [0.05, 0.1) is 11.5 Å². The van der Waals surface area contributed by atoms with Gasteiger partial charge in [0.1, 0.15) is 0 Å². The molecule has 1 rings (SSSR count). The van der Waals surface area contributed by atoms with Crippen LogP contribution < -0.4 is 0 Å². The highest BCUT2D eigenvalue weighted by atomic mass is 31.1. The fraction of sp³-hybridized carbons (Fsp3) is 0.444. The minimum atomic E-state index is -1.21. The minimum Gasteiger partial charge on any atom is -0.385 e. The van der Waals surface area contributed by atoms with E-state index in [9.17, 15) is 14.5 Å². The van der Waals surface area contributed by atoms with Crippen LogP contribution in [-0.4, -0.2) is 16.2 Å². The molecule has 0 amide bonds. The largest absolute Gasteiger partial charge is 0.385 e. The molecule has 0 aromatic heterocycles. The lowest BCUT2D eigenvalue weighted by Gasteiger charge is -2.30. The summed E-state index contributed by atoms with van der Waals surface area (Å²) in [7, 11) is -0.547. The van der Waals surface area contributed by atoms with Crippen molar-refractivity contribution in [3.63, 3.8) is 0 Å². The number of carbonyl (C=O) groups is 1. The Kier molecular flexibility index (Phi) is 2.79. The lowest BCUT2D eigenvalue weighted by Crippen LogP contribution is -2.38. The molecule has 0 bridgehead atoms. The van der Waals surface area contributed by atoms with Gasteiger partial charge in [-0.2, -0.15) is 0 Å². The van der Waals surface area contributed by atoms with Crippen molar-refractivity contribution in [3.05, 3.63) is 23.8 Å². The normalized spacial score (nSPS) is 33.2. The van der Waals surface area contributed by atoms with E-state index in [4.69, 9.17) is 0 Å². The summed E-state index contributed by atoms with van der Waals surface area (Å²) in [4.78, 5) is 11.2. The van der Waals surface area contributed by atoms with Gasteiger partial charge in [0, 0.05) is 0 Å². The first-order valence-electron chi connectivity index (χ1n) is 3.94. The predicted octanol–water partition coefficient (Wildman–Crippen LogP) is 1.69. The molecule has 3 nitrogen and oxygen atoms in total. The molecule has 0 fully saturated rings. The Morgan fingerprint density at radius 2 is 2.31 bits per heavy atom. The first kappa shape index (κ1) is 10.3. The van der Waals surface area contributed by atoms with E-state index < -0.39 is 25.5 Å². The maximum absolute atomic E-state index is 11.2. The van der Waals surface area contributed by atoms with Crippen molar-refractivity contribution in [1.82, 2.24) is 0 Å². The van der Waals surface area contributed by atoms with E-state index in [2.05, 4.69) is 0 Å². The monoisotopic (exact) mass is 198 g/mol. The lowest BCUT2D eigenvalue weighted by molar-refractivity contribution is -0.118. The number of hydrogen-bond donors (Lipinski definition) is 1. The Morgan fingerprint density at radius 1 is 1.69 bits per heavy atom. The van der Waals surface area contributed by atoms with Gasteiger partial charge in [-0.25, -0.2) is 0 Å². The van der Waals surface area contributed by atoms with Crippen LogP contribution in [0.1, 0.15) is 13.8 Å². The highest BCUT2D eigenvalue weighted by Crippen LogP contribution is 2.32. The molecule has 0 radical (unpaired) electrons. The molecule has 70 valence electrons. The van der Waals surface area contributed by atoms with Gasteiger partial charge in [-0.15, -0.1) is 0 Å². The first-order valence-corrected chi connectivity index (χ1v) is 4.76. The summed E-state index contributed by atoms with van der Waals surface area (Å²) in [6.45, 7) is 3.28. The van der Waals surface area contributed by atoms with Crippen molar-refractivity contribution in [3.8, 4) is 0 Å². The number of carbonyl (C=O) groups excluding carboxylic acids is 1. The van der Waals surface area contributed by atoms with E-state index in [1.165, 1.54) is 13.0 Å². The third kappa shape index (κ3) is 1.93. The molecule has 4 heteroatoms. The number of hydrogen-bond acceptors (Lipinski definition) is 3. The van der Waals surface area contributed by atoms with Crippen LogP contribution in [0.25, 0.3) is 0 Å². The van der Waals surface area contributed by atoms with Crippen molar-refractivity contribution in [2.45, 2.75) is 19.4 Å². The molecule has 0 aromatic carbocycles. The van der Waals surface area contributed by atoms with Crippen LogP contribution in [0, 0.1) is 5.92 Å². The highest BCUT2D eigenvalue weighted by molar-refractivity contribution is 7.46. The average Bonchev–Trinajstić information content (AvgIpc) is 2.02. The zero-order valence-electron chi connectivity index (χ0n) is 7.52. The summed E-state index contributed by atoms with van der Waals surface area (Å²) in [5.41, 5.74) is -0.961. The molecular formula is C9H11O3P. The maximum atomic E-state index is 11.2. The van der Waals surface area contributed by atoms with Crippen LogP contribution in [0.5, 0.6) is 0 Å². The molecular weight excluding hydrogens is 187 g/mol. The Hall–Kier alpha value is -0.790. The third-order valence-electron chi connectivity index (χ3n) is 2.17. The van der Waals surface area contributed by atoms with Crippen LogP contribution in [-0.2, 0) is 9.36 Å².